The molecular formula is C22H25N3O2S. The molecule has 0 radical (unpaired) electrons. The maximum atomic E-state index is 12.7. The van der Waals surface area contributed by atoms with Crippen LogP contribution in [0.1, 0.15) is 24.0 Å². The van der Waals surface area contributed by atoms with Gasteiger partial charge in [-0.05, 0) is 55.2 Å². The molecule has 146 valence electrons. The molecule has 1 fully saturated rings. The van der Waals surface area contributed by atoms with Crippen LogP contribution in [0, 0.1) is 12.8 Å². The highest BCUT2D eigenvalue weighted by atomic mass is 32.1. The predicted octanol–water partition coefficient (Wildman–Crippen LogP) is 4.15. The van der Waals surface area contributed by atoms with E-state index in [2.05, 4.69) is 35.3 Å². The highest BCUT2D eigenvalue weighted by Gasteiger charge is 2.27. The third-order valence-corrected chi connectivity index (χ3v) is 6.28. The maximum absolute atomic E-state index is 12.7. The molecule has 5 nitrogen and oxygen atoms in total. The molecule has 0 saturated carbocycles. The average Bonchev–Trinajstić information content (AvgIpc) is 3.15. The summed E-state index contributed by atoms with van der Waals surface area (Å²) in [5, 5.41) is 4.11. The highest BCUT2D eigenvalue weighted by Crippen LogP contribution is 2.32. The lowest BCUT2D eigenvalue weighted by Gasteiger charge is -2.31. The van der Waals surface area contributed by atoms with Crippen molar-refractivity contribution in [2.24, 2.45) is 5.92 Å². The number of nitrogens with zero attached hydrogens (tertiary/aromatic N) is 2. The van der Waals surface area contributed by atoms with Crippen molar-refractivity contribution in [1.82, 2.24) is 10.3 Å². The maximum Gasteiger partial charge on any atom is 0.225 e. The molecule has 1 aliphatic rings. The van der Waals surface area contributed by atoms with Crippen molar-refractivity contribution in [2.75, 3.05) is 25.1 Å². The molecule has 4 rings (SSSR count). The first-order chi connectivity index (χ1) is 13.6. The molecule has 3 aromatic rings. The predicted molar refractivity (Wildman–Crippen MR) is 114 cm³/mol. The number of carbonyl (C=O) groups excluding carboxylic acids is 1. The summed E-state index contributed by atoms with van der Waals surface area (Å²) in [5.74, 6) is 0.916. The Labute approximate surface area is 169 Å². The Hall–Kier alpha value is -2.60. The number of aryl methyl sites for hydroxylation is 1. The SMILES string of the molecule is COc1cccc(CNC(=O)C2CCCN(c3nc4ccc(C)cc4s3)C2)c1. The Bertz CT molecular complexity index is 985. The standard InChI is InChI=1S/C22H25N3O2S/c1-15-8-9-19-20(11-15)28-22(24-19)25-10-4-6-17(14-25)21(26)23-13-16-5-3-7-18(12-16)27-2/h3,5,7-9,11-12,17H,4,6,10,13-14H2,1-2H3,(H,23,26). The Balaban J connectivity index is 1.40. The molecule has 0 aliphatic carbocycles. The van der Waals surface area contributed by atoms with Gasteiger partial charge in [0.2, 0.25) is 5.91 Å². The van der Waals surface area contributed by atoms with Gasteiger partial charge in [0.1, 0.15) is 5.75 Å². The molecule has 0 bridgehead atoms. The van der Waals surface area contributed by atoms with Gasteiger partial charge >= 0.3 is 0 Å². The van der Waals surface area contributed by atoms with Crippen molar-refractivity contribution in [3.8, 4) is 5.75 Å². The first-order valence-electron chi connectivity index (χ1n) is 9.65. The van der Waals surface area contributed by atoms with Crippen molar-refractivity contribution in [1.29, 1.82) is 0 Å². The molecule has 1 saturated heterocycles. The number of anilines is 1. The molecule has 1 N–H and O–H groups in total. The lowest BCUT2D eigenvalue weighted by Crippen LogP contribution is -2.42. The molecule has 1 aromatic heterocycles. The van der Waals surface area contributed by atoms with Crippen molar-refractivity contribution < 1.29 is 9.53 Å². The van der Waals surface area contributed by atoms with Gasteiger partial charge in [-0.2, -0.15) is 0 Å². The molecule has 1 atom stereocenters. The second-order valence-corrected chi connectivity index (χ2v) is 8.33. The fourth-order valence-corrected chi connectivity index (χ4v) is 4.73. The van der Waals surface area contributed by atoms with Crippen LogP contribution in [-0.2, 0) is 11.3 Å². The van der Waals surface area contributed by atoms with Crippen LogP contribution in [-0.4, -0.2) is 31.1 Å². The highest BCUT2D eigenvalue weighted by molar-refractivity contribution is 7.22. The summed E-state index contributed by atoms with van der Waals surface area (Å²) in [6, 6.07) is 14.2. The Morgan fingerprint density at radius 3 is 3.07 bits per heavy atom. The van der Waals surface area contributed by atoms with Gasteiger partial charge in [-0.1, -0.05) is 29.5 Å². The van der Waals surface area contributed by atoms with E-state index in [1.165, 1.54) is 10.3 Å². The average molecular weight is 396 g/mol. The Morgan fingerprint density at radius 2 is 2.21 bits per heavy atom. The summed E-state index contributed by atoms with van der Waals surface area (Å²) in [5.41, 5.74) is 3.33. The minimum Gasteiger partial charge on any atom is -0.497 e. The van der Waals surface area contributed by atoms with Crippen LogP contribution >= 0.6 is 11.3 Å². The summed E-state index contributed by atoms with van der Waals surface area (Å²) < 4.78 is 6.46. The zero-order valence-electron chi connectivity index (χ0n) is 16.3. The fraction of sp³-hybridized carbons (Fsp3) is 0.364. The zero-order chi connectivity index (χ0) is 19.5. The van der Waals surface area contributed by atoms with Crippen molar-refractivity contribution >= 4 is 32.6 Å². The third-order valence-electron chi connectivity index (χ3n) is 5.20. The number of thiazole rings is 1. The molecule has 0 spiro atoms. The molecule has 28 heavy (non-hydrogen) atoms. The van der Waals surface area contributed by atoms with Gasteiger partial charge in [-0.3, -0.25) is 4.79 Å². The topological polar surface area (TPSA) is 54.5 Å². The number of carbonyl (C=O) groups is 1. The van der Waals surface area contributed by atoms with Crippen LogP contribution in [0.4, 0.5) is 5.13 Å². The number of methoxy groups -OCH3 is 1. The number of aromatic nitrogens is 1. The van der Waals surface area contributed by atoms with Crippen LogP contribution in [0.25, 0.3) is 10.2 Å². The molecule has 1 aliphatic heterocycles. The number of rotatable bonds is 5. The van der Waals surface area contributed by atoms with E-state index < -0.39 is 0 Å². The number of nitrogens with one attached hydrogen (secondary N) is 1. The van der Waals surface area contributed by atoms with Gasteiger partial charge in [-0.25, -0.2) is 4.98 Å². The van der Waals surface area contributed by atoms with Gasteiger partial charge in [0.15, 0.2) is 5.13 Å². The largest absolute Gasteiger partial charge is 0.497 e. The Morgan fingerprint density at radius 1 is 1.32 bits per heavy atom. The van der Waals surface area contributed by atoms with Crippen LogP contribution in [0.2, 0.25) is 0 Å². The van der Waals surface area contributed by atoms with Crippen LogP contribution < -0.4 is 15.0 Å². The van der Waals surface area contributed by atoms with Crippen LogP contribution in [0.5, 0.6) is 5.75 Å². The van der Waals surface area contributed by atoms with Crippen molar-refractivity contribution in [3.63, 3.8) is 0 Å². The van der Waals surface area contributed by atoms with Gasteiger partial charge < -0.3 is 15.0 Å². The molecule has 1 unspecified atom stereocenters. The van der Waals surface area contributed by atoms with E-state index in [0.717, 1.165) is 47.9 Å². The molecule has 2 aromatic carbocycles. The zero-order valence-corrected chi connectivity index (χ0v) is 17.1. The summed E-state index contributed by atoms with van der Waals surface area (Å²) >= 11 is 1.72. The third kappa shape index (κ3) is 4.12. The first-order valence-corrected chi connectivity index (χ1v) is 10.5. The summed E-state index contributed by atoms with van der Waals surface area (Å²) in [6.07, 6.45) is 1.93. The van der Waals surface area contributed by atoms with E-state index >= 15 is 0 Å². The van der Waals surface area contributed by atoms with E-state index in [1.807, 2.05) is 24.3 Å². The molecular weight excluding hydrogens is 370 g/mol. The van der Waals surface area contributed by atoms with Gasteiger partial charge in [0.05, 0.1) is 23.2 Å². The van der Waals surface area contributed by atoms with Crippen molar-refractivity contribution in [3.05, 3.63) is 53.6 Å². The number of hydrogen-bond donors (Lipinski definition) is 1. The Kier molecular flexibility index (Phi) is 5.48. The molecule has 1 amide bonds. The van der Waals surface area contributed by atoms with Gasteiger partial charge in [-0.15, -0.1) is 0 Å². The monoisotopic (exact) mass is 395 g/mol. The minimum atomic E-state index is -0.00638. The quantitative estimate of drug-likeness (QED) is 0.705. The summed E-state index contributed by atoms with van der Waals surface area (Å²) in [7, 11) is 1.65. The summed E-state index contributed by atoms with van der Waals surface area (Å²) in [4.78, 5) is 19.8. The normalized spacial score (nSPS) is 16.9. The number of amides is 1. The van der Waals surface area contributed by atoms with Crippen molar-refractivity contribution in [2.45, 2.75) is 26.3 Å². The van der Waals surface area contributed by atoms with E-state index in [9.17, 15) is 4.79 Å². The smallest absolute Gasteiger partial charge is 0.225 e. The fourth-order valence-electron chi connectivity index (χ4n) is 3.64. The van der Waals surface area contributed by atoms with E-state index in [0.29, 0.717) is 6.54 Å². The number of fused-ring (bicyclic) bond motifs is 1. The molecule has 2 heterocycles. The summed E-state index contributed by atoms with van der Waals surface area (Å²) in [6.45, 7) is 4.30. The number of piperidine rings is 1. The second kappa shape index (κ2) is 8.19. The van der Waals surface area contributed by atoms with E-state index in [1.54, 1.807) is 18.4 Å². The minimum absolute atomic E-state index is 0.00638. The lowest BCUT2D eigenvalue weighted by molar-refractivity contribution is -0.125. The van der Waals surface area contributed by atoms with Gasteiger partial charge in [0.25, 0.3) is 0 Å². The number of hydrogen-bond acceptors (Lipinski definition) is 5. The van der Waals surface area contributed by atoms with Crippen LogP contribution in [0.3, 0.4) is 0 Å². The second-order valence-electron chi connectivity index (χ2n) is 7.32. The lowest BCUT2D eigenvalue weighted by atomic mass is 9.97. The number of ether oxygens (including phenoxy) is 1. The van der Waals surface area contributed by atoms with E-state index in [4.69, 9.17) is 9.72 Å². The van der Waals surface area contributed by atoms with E-state index in [-0.39, 0.29) is 11.8 Å². The first kappa shape index (κ1) is 18.7. The molecule has 6 heteroatoms. The number of benzene rings is 2. The van der Waals surface area contributed by atoms with Gasteiger partial charge in [0, 0.05) is 19.6 Å². The van der Waals surface area contributed by atoms with Crippen LogP contribution in [0.15, 0.2) is 42.5 Å².